The highest BCUT2D eigenvalue weighted by Gasteiger charge is 2.36. The van der Waals surface area contributed by atoms with Crippen molar-refractivity contribution < 1.29 is 4.21 Å². The Bertz CT molecular complexity index is 256. The Morgan fingerprint density at radius 1 is 1.31 bits per heavy atom. The minimum atomic E-state index is -0.582. The molecule has 1 heterocycles. The lowest BCUT2D eigenvalue weighted by Crippen LogP contribution is -2.47. The second kappa shape index (κ2) is 5.63. The van der Waals surface area contributed by atoms with Crippen LogP contribution in [0.25, 0.3) is 0 Å². The normalized spacial score (nSPS) is 44.8. The summed E-state index contributed by atoms with van der Waals surface area (Å²) in [6.07, 6.45) is 7.47. The van der Waals surface area contributed by atoms with Gasteiger partial charge in [-0.1, -0.05) is 19.8 Å². The van der Waals surface area contributed by atoms with E-state index in [1.165, 1.54) is 32.1 Å². The van der Waals surface area contributed by atoms with E-state index in [0.29, 0.717) is 17.3 Å². The third-order valence-corrected chi connectivity index (χ3v) is 6.02. The number of hydrogen-bond acceptors (Lipinski definition) is 2. The van der Waals surface area contributed by atoms with Crippen molar-refractivity contribution in [3.05, 3.63) is 0 Å². The second-order valence-corrected chi connectivity index (χ2v) is 7.33. The fourth-order valence-corrected chi connectivity index (χ4v) is 5.21. The van der Waals surface area contributed by atoms with Gasteiger partial charge in [-0.05, 0) is 38.5 Å². The molecule has 2 nitrogen and oxygen atoms in total. The predicted octanol–water partition coefficient (Wildman–Crippen LogP) is 2.45. The summed E-state index contributed by atoms with van der Waals surface area (Å²) in [6, 6.07) is 1.09. The van der Waals surface area contributed by atoms with Crippen LogP contribution in [0, 0.1) is 5.92 Å². The van der Waals surface area contributed by atoms with Gasteiger partial charge in [-0.3, -0.25) is 4.21 Å². The Morgan fingerprint density at radius 2 is 2.12 bits per heavy atom. The van der Waals surface area contributed by atoms with Crippen molar-refractivity contribution >= 4 is 10.8 Å². The lowest BCUT2D eigenvalue weighted by molar-refractivity contribution is 0.275. The van der Waals surface area contributed by atoms with Crippen LogP contribution in [0.1, 0.15) is 52.4 Å². The summed E-state index contributed by atoms with van der Waals surface area (Å²) >= 11 is 0. The van der Waals surface area contributed by atoms with Crippen molar-refractivity contribution in [1.29, 1.82) is 0 Å². The summed E-state index contributed by atoms with van der Waals surface area (Å²) in [5, 5.41) is 4.12. The van der Waals surface area contributed by atoms with E-state index in [2.05, 4.69) is 19.2 Å². The van der Waals surface area contributed by atoms with Gasteiger partial charge in [0.1, 0.15) is 0 Å². The number of nitrogens with one attached hydrogen (secondary N) is 1. The largest absolute Gasteiger partial charge is 0.310 e. The zero-order valence-corrected chi connectivity index (χ0v) is 11.4. The van der Waals surface area contributed by atoms with Crippen LogP contribution >= 0.6 is 0 Å². The number of hydrogen-bond donors (Lipinski definition) is 1. The molecule has 2 fully saturated rings. The van der Waals surface area contributed by atoms with Crippen molar-refractivity contribution in [2.45, 2.75) is 69.7 Å². The van der Waals surface area contributed by atoms with Gasteiger partial charge in [-0.15, -0.1) is 0 Å². The standard InChI is InChI=1S/C13H25NOS/c1-3-4-11-5-6-12-13(9-11)16(15)8-7-10(2)14-12/h10-14H,3-9H2,1-2H3. The molecular formula is C13H25NOS. The molecule has 2 aliphatic rings. The van der Waals surface area contributed by atoms with Gasteiger partial charge in [-0.2, -0.15) is 0 Å². The van der Waals surface area contributed by atoms with Crippen molar-refractivity contribution in [3.8, 4) is 0 Å². The molecule has 0 bridgehead atoms. The molecule has 0 aromatic heterocycles. The molecule has 0 aromatic rings. The van der Waals surface area contributed by atoms with Crippen LogP contribution in [0.5, 0.6) is 0 Å². The minimum Gasteiger partial charge on any atom is -0.310 e. The van der Waals surface area contributed by atoms with E-state index in [9.17, 15) is 4.21 Å². The summed E-state index contributed by atoms with van der Waals surface area (Å²) in [5.74, 6) is 1.75. The molecule has 5 unspecified atom stereocenters. The molecular weight excluding hydrogens is 218 g/mol. The van der Waals surface area contributed by atoms with E-state index >= 15 is 0 Å². The molecule has 1 saturated heterocycles. The van der Waals surface area contributed by atoms with Crippen LogP contribution in [0.4, 0.5) is 0 Å². The molecule has 0 radical (unpaired) electrons. The van der Waals surface area contributed by atoms with Crippen molar-refractivity contribution in [3.63, 3.8) is 0 Å². The van der Waals surface area contributed by atoms with Gasteiger partial charge >= 0.3 is 0 Å². The molecule has 1 N–H and O–H groups in total. The van der Waals surface area contributed by atoms with Crippen LogP contribution in [-0.2, 0) is 10.8 Å². The molecule has 1 saturated carbocycles. The zero-order chi connectivity index (χ0) is 11.5. The second-order valence-electron chi connectivity index (χ2n) is 5.55. The van der Waals surface area contributed by atoms with E-state index in [4.69, 9.17) is 0 Å². The lowest BCUT2D eigenvalue weighted by atomic mass is 9.83. The van der Waals surface area contributed by atoms with E-state index in [0.717, 1.165) is 18.1 Å². The van der Waals surface area contributed by atoms with Gasteiger partial charge in [0.2, 0.25) is 0 Å². The first-order valence-corrected chi connectivity index (χ1v) is 8.22. The van der Waals surface area contributed by atoms with Gasteiger partial charge in [0.05, 0.1) is 5.25 Å². The lowest BCUT2D eigenvalue weighted by Gasteiger charge is -2.35. The Kier molecular flexibility index (Phi) is 4.42. The molecule has 1 aliphatic carbocycles. The smallest absolute Gasteiger partial charge is 0.0503 e. The molecule has 5 atom stereocenters. The van der Waals surface area contributed by atoms with Gasteiger partial charge in [0.25, 0.3) is 0 Å². The Balaban J connectivity index is 2.01. The van der Waals surface area contributed by atoms with Crippen LogP contribution in [0.3, 0.4) is 0 Å². The highest BCUT2D eigenvalue weighted by Crippen LogP contribution is 2.32. The molecule has 1 aliphatic heterocycles. The number of rotatable bonds is 2. The summed E-state index contributed by atoms with van der Waals surface area (Å²) < 4.78 is 12.2. The Labute approximate surface area is 102 Å². The quantitative estimate of drug-likeness (QED) is 0.807. The van der Waals surface area contributed by atoms with Crippen molar-refractivity contribution in [2.75, 3.05) is 5.75 Å². The molecule has 0 amide bonds. The molecule has 0 spiro atoms. The maximum atomic E-state index is 12.2. The third kappa shape index (κ3) is 2.86. The predicted molar refractivity (Wildman–Crippen MR) is 70.0 cm³/mol. The fraction of sp³-hybridized carbons (Fsp3) is 1.00. The highest BCUT2D eigenvalue weighted by atomic mass is 32.2. The molecule has 16 heavy (non-hydrogen) atoms. The average molecular weight is 243 g/mol. The summed E-state index contributed by atoms with van der Waals surface area (Å²) in [7, 11) is -0.582. The fourth-order valence-electron chi connectivity index (χ4n) is 3.26. The first-order valence-electron chi connectivity index (χ1n) is 6.84. The van der Waals surface area contributed by atoms with E-state index < -0.39 is 10.8 Å². The van der Waals surface area contributed by atoms with Gasteiger partial charge in [0.15, 0.2) is 0 Å². The maximum Gasteiger partial charge on any atom is 0.0503 e. The van der Waals surface area contributed by atoms with Crippen LogP contribution in [0.15, 0.2) is 0 Å². The molecule has 3 heteroatoms. The third-order valence-electron chi connectivity index (χ3n) is 4.19. The SMILES string of the molecule is CCCC1CCC2NC(C)CCS(=O)C2C1. The van der Waals surface area contributed by atoms with Crippen LogP contribution in [0.2, 0.25) is 0 Å². The minimum absolute atomic E-state index is 0.440. The van der Waals surface area contributed by atoms with E-state index in [1.54, 1.807) is 0 Å². The Hall–Kier alpha value is 0.110. The van der Waals surface area contributed by atoms with Gasteiger partial charge in [0, 0.05) is 28.6 Å². The molecule has 94 valence electrons. The maximum absolute atomic E-state index is 12.2. The topological polar surface area (TPSA) is 29.1 Å². The zero-order valence-electron chi connectivity index (χ0n) is 10.6. The van der Waals surface area contributed by atoms with E-state index in [1.807, 2.05) is 0 Å². The van der Waals surface area contributed by atoms with Crippen molar-refractivity contribution in [1.82, 2.24) is 5.32 Å². The van der Waals surface area contributed by atoms with Crippen LogP contribution < -0.4 is 5.32 Å². The number of fused-ring (bicyclic) bond motifs is 1. The first-order chi connectivity index (χ1) is 7.70. The van der Waals surface area contributed by atoms with E-state index in [-0.39, 0.29) is 0 Å². The summed E-state index contributed by atoms with van der Waals surface area (Å²) in [5.41, 5.74) is 0. The first kappa shape index (κ1) is 12.6. The van der Waals surface area contributed by atoms with Crippen molar-refractivity contribution in [2.24, 2.45) is 5.92 Å². The molecule has 0 aromatic carbocycles. The van der Waals surface area contributed by atoms with Gasteiger partial charge in [-0.25, -0.2) is 0 Å². The van der Waals surface area contributed by atoms with Gasteiger partial charge < -0.3 is 5.32 Å². The average Bonchev–Trinajstić information content (AvgIpc) is 2.40. The summed E-state index contributed by atoms with van der Waals surface area (Å²) in [6.45, 7) is 4.49. The molecule has 2 rings (SSSR count). The monoisotopic (exact) mass is 243 g/mol. The highest BCUT2D eigenvalue weighted by molar-refractivity contribution is 7.85. The van der Waals surface area contributed by atoms with Crippen LogP contribution in [-0.4, -0.2) is 27.3 Å². The summed E-state index contributed by atoms with van der Waals surface area (Å²) in [4.78, 5) is 0. The Morgan fingerprint density at radius 3 is 2.88 bits per heavy atom.